The van der Waals surface area contributed by atoms with Crippen LogP contribution in [0, 0.1) is 0 Å². The zero-order valence-electron chi connectivity index (χ0n) is 12.6. The molecule has 1 fully saturated rings. The fourth-order valence-corrected chi connectivity index (χ4v) is 3.41. The summed E-state index contributed by atoms with van der Waals surface area (Å²) < 4.78 is 11.6. The van der Waals surface area contributed by atoms with E-state index in [0.29, 0.717) is 25.9 Å². The number of hydrogen-bond acceptors (Lipinski definition) is 4. The molecular formula is C17H25NO3. The Morgan fingerprint density at radius 2 is 2.05 bits per heavy atom. The summed E-state index contributed by atoms with van der Waals surface area (Å²) in [5.74, 6) is 1.85. The van der Waals surface area contributed by atoms with E-state index in [-0.39, 0.29) is 0 Å². The lowest BCUT2D eigenvalue weighted by Crippen LogP contribution is -2.26. The van der Waals surface area contributed by atoms with Crippen LogP contribution < -0.4 is 9.47 Å². The van der Waals surface area contributed by atoms with Gasteiger partial charge in [0.1, 0.15) is 13.2 Å². The molecule has 116 valence electrons. The SMILES string of the molecule is OCCCCCN1CCCC1c1cccc2c1OCCO2. The highest BCUT2D eigenvalue weighted by Crippen LogP contribution is 2.42. The first-order valence-electron chi connectivity index (χ1n) is 8.13. The van der Waals surface area contributed by atoms with Gasteiger partial charge in [0.25, 0.3) is 0 Å². The number of ether oxygens (including phenoxy) is 2. The lowest BCUT2D eigenvalue weighted by molar-refractivity contribution is 0.163. The van der Waals surface area contributed by atoms with Crippen molar-refractivity contribution in [3.05, 3.63) is 23.8 Å². The number of aliphatic hydroxyl groups is 1. The standard InChI is InChI=1S/C17H25NO3/c19-11-3-1-2-9-18-10-5-7-15(18)14-6-4-8-16-17(14)21-13-12-20-16/h4,6,8,15,19H,1-3,5,7,9-13H2. The van der Waals surface area contributed by atoms with E-state index >= 15 is 0 Å². The van der Waals surface area contributed by atoms with Crippen molar-refractivity contribution in [1.29, 1.82) is 0 Å². The number of unbranched alkanes of at least 4 members (excludes halogenated alkanes) is 2. The molecule has 0 bridgehead atoms. The molecule has 0 amide bonds. The van der Waals surface area contributed by atoms with Gasteiger partial charge in [-0.25, -0.2) is 0 Å². The number of likely N-dealkylation sites (tertiary alicyclic amines) is 1. The molecule has 21 heavy (non-hydrogen) atoms. The molecule has 1 unspecified atom stereocenters. The zero-order chi connectivity index (χ0) is 14.5. The maximum atomic E-state index is 8.88. The van der Waals surface area contributed by atoms with Gasteiger partial charge in [-0.05, 0) is 51.3 Å². The molecule has 4 nitrogen and oxygen atoms in total. The first-order valence-corrected chi connectivity index (χ1v) is 8.13. The monoisotopic (exact) mass is 291 g/mol. The largest absolute Gasteiger partial charge is 0.486 e. The van der Waals surface area contributed by atoms with Crippen molar-refractivity contribution in [2.24, 2.45) is 0 Å². The highest BCUT2D eigenvalue weighted by molar-refractivity contribution is 5.49. The van der Waals surface area contributed by atoms with E-state index in [1.54, 1.807) is 0 Å². The van der Waals surface area contributed by atoms with Crippen LogP contribution in [-0.2, 0) is 0 Å². The van der Waals surface area contributed by atoms with Crippen LogP contribution in [0.4, 0.5) is 0 Å². The fourth-order valence-electron chi connectivity index (χ4n) is 3.41. The van der Waals surface area contributed by atoms with Crippen molar-refractivity contribution in [2.45, 2.75) is 38.1 Å². The Morgan fingerprint density at radius 3 is 2.95 bits per heavy atom. The smallest absolute Gasteiger partial charge is 0.166 e. The third-order valence-electron chi connectivity index (χ3n) is 4.42. The Kier molecular flexibility index (Phi) is 4.99. The Balaban J connectivity index is 1.70. The van der Waals surface area contributed by atoms with Crippen LogP contribution in [0.5, 0.6) is 11.5 Å². The number of para-hydroxylation sites is 1. The number of benzene rings is 1. The van der Waals surface area contributed by atoms with E-state index in [2.05, 4.69) is 17.0 Å². The molecule has 2 heterocycles. The number of hydrogen-bond donors (Lipinski definition) is 1. The van der Waals surface area contributed by atoms with Crippen LogP contribution >= 0.6 is 0 Å². The third kappa shape index (κ3) is 3.33. The van der Waals surface area contributed by atoms with Crippen molar-refractivity contribution in [2.75, 3.05) is 32.9 Å². The van der Waals surface area contributed by atoms with E-state index < -0.39 is 0 Å². The summed E-state index contributed by atoms with van der Waals surface area (Å²) in [5.41, 5.74) is 1.28. The Hall–Kier alpha value is -1.26. The highest BCUT2D eigenvalue weighted by atomic mass is 16.6. The lowest BCUT2D eigenvalue weighted by atomic mass is 10.0. The molecule has 1 N–H and O–H groups in total. The Morgan fingerprint density at radius 1 is 1.14 bits per heavy atom. The fraction of sp³-hybridized carbons (Fsp3) is 0.647. The van der Waals surface area contributed by atoms with E-state index in [9.17, 15) is 0 Å². The molecule has 2 aliphatic heterocycles. The van der Waals surface area contributed by atoms with Gasteiger partial charge < -0.3 is 14.6 Å². The second kappa shape index (κ2) is 7.14. The van der Waals surface area contributed by atoms with Crippen molar-refractivity contribution in [1.82, 2.24) is 4.90 Å². The number of fused-ring (bicyclic) bond motifs is 1. The van der Waals surface area contributed by atoms with Gasteiger partial charge in [0.2, 0.25) is 0 Å². The second-order valence-electron chi connectivity index (χ2n) is 5.85. The van der Waals surface area contributed by atoms with E-state index in [1.165, 1.54) is 18.4 Å². The van der Waals surface area contributed by atoms with Gasteiger partial charge in [-0.1, -0.05) is 12.1 Å². The summed E-state index contributed by atoms with van der Waals surface area (Å²) in [6.07, 6.45) is 5.61. The Bertz CT molecular complexity index is 463. The number of aliphatic hydroxyl groups excluding tert-OH is 1. The number of nitrogens with zero attached hydrogens (tertiary/aromatic N) is 1. The lowest BCUT2D eigenvalue weighted by Gasteiger charge is -2.28. The molecule has 1 aromatic rings. The first-order chi connectivity index (χ1) is 10.4. The normalized spacial score (nSPS) is 21.7. The predicted molar refractivity (Wildman–Crippen MR) is 81.9 cm³/mol. The van der Waals surface area contributed by atoms with Gasteiger partial charge in [0.15, 0.2) is 11.5 Å². The summed E-state index contributed by atoms with van der Waals surface area (Å²) >= 11 is 0. The molecule has 0 spiro atoms. The highest BCUT2D eigenvalue weighted by Gasteiger charge is 2.29. The molecule has 0 aromatic heterocycles. The average Bonchev–Trinajstić information content (AvgIpc) is 2.99. The van der Waals surface area contributed by atoms with Gasteiger partial charge in [0.05, 0.1) is 0 Å². The summed E-state index contributed by atoms with van der Waals surface area (Å²) in [5, 5.41) is 8.88. The van der Waals surface area contributed by atoms with Gasteiger partial charge >= 0.3 is 0 Å². The predicted octanol–water partition coefficient (Wildman–Crippen LogP) is 2.76. The molecule has 4 heteroatoms. The Labute approximate surface area is 126 Å². The van der Waals surface area contributed by atoms with Gasteiger partial charge in [0, 0.05) is 18.2 Å². The van der Waals surface area contributed by atoms with Crippen LogP contribution in [0.3, 0.4) is 0 Å². The topological polar surface area (TPSA) is 41.9 Å². The van der Waals surface area contributed by atoms with Crippen LogP contribution in [0.1, 0.15) is 43.7 Å². The molecule has 1 atom stereocenters. The van der Waals surface area contributed by atoms with Crippen LogP contribution in [0.2, 0.25) is 0 Å². The minimum atomic E-state index is 0.306. The molecule has 3 rings (SSSR count). The van der Waals surface area contributed by atoms with Gasteiger partial charge in [-0.3, -0.25) is 4.90 Å². The maximum absolute atomic E-state index is 8.88. The average molecular weight is 291 g/mol. The summed E-state index contributed by atoms with van der Waals surface area (Å²) in [4.78, 5) is 2.56. The van der Waals surface area contributed by atoms with Crippen LogP contribution in [0.25, 0.3) is 0 Å². The van der Waals surface area contributed by atoms with E-state index in [0.717, 1.165) is 43.9 Å². The maximum Gasteiger partial charge on any atom is 0.166 e. The summed E-state index contributed by atoms with van der Waals surface area (Å²) in [6, 6.07) is 6.71. The van der Waals surface area contributed by atoms with Crippen LogP contribution in [-0.4, -0.2) is 42.9 Å². The first kappa shape index (κ1) is 14.7. The molecular weight excluding hydrogens is 266 g/mol. The van der Waals surface area contributed by atoms with Gasteiger partial charge in [-0.15, -0.1) is 0 Å². The molecule has 1 aromatic carbocycles. The molecule has 1 saturated heterocycles. The second-order valence-corrected chi connectivity index (χ2v) is 5.85. The quantitative estimate of drug-likeness (QED) is 0.818. The van der Waals surface area contributed by atoms with Crippen molar-refractivity contribution < 1.29 is 14.6 Å². The molecule has 0 saturated carbocycles. The van der Waals surface area contributed by atoms with Crippen molar-refractivity contribution in [3.63, 3.8) is 0 Å². The van der Waals surface area contributed by atoms with Gasteiger partial charge in [-0.2, -0.15) is 0 Å². The van der Waals surface area contributed by atoms with E-state index in [4.69, 9.17) is 14.6 Å². The molecule has 0 aliphatic carbocycles. The van der Waals surface area contributed by atoms with E-state index in [1.807, 2.05) is 6.07 Å². The number of rotatable bonds is 6. The molecule has 0 radical (unpaired) electrons. The minimum absolute atomic E-state index is 0.306. The van der Waals surface area contributed by atoms with Crippen LogP contribution in [0.15, 0.2) is 18.2 Å². The summed E-state index contributed by atoms with van der Waals surface area (Å²) in [6.45, 7) is 3.86. The minimum Gasteiger partial charge on any atom is -0.486 e. The van der Waals surface area contributed by atoms with Crippen molar-refractivity contribution in [3.8, 4) is 11.5 Å². The third-order valence-corrected chi connectivity index (χ3v) is 4.42. The molecule has 2 aliphatic rings. The summed E-state index contributed by atoms with van der Waals surface area (Å²) in [7, 11) is 0. The van der Waals surface area contributed by atoms with Crippen molar-refractivity contribution >= 4 is 0 Å². The zero-order valence-corrected chi connectivity index (χ0v) is 12.6.